The van der Waals surface area contributed by atoms with Gasteiger partial charge in [-0.3, -0.25) is 0 Å². The summed E-state index contributed by atoms with van der Waals surface area (Å²) in [5.41, 5.74) is 0. The number of rotatable bonds is 3. The lowest BCUT2D eigenvalue weighted by Crippen LogP contribution is -2.02. The molecule has 0 fully saturated rings. The van der Waals surface area contributed by atoms with Crippen LogP contribution in [0.3, 0.4) is 0 Å². The van der Waals surface area contributed by atoms with E-state index in [2.05, 4.69) is 53.5 Å². The Labute approximate surface area is 90.5 Å². The van der Waals surface area contributed by atoms with Crippen molar-refractivity contribution in [2.45, 2.75) is 13.8 Å². The summed E-state index contributed by atoms with van der Waals surface area (Å²) in [6.07, 6.45) is 15.1. The third kappa shape index (κ3) is 3.85. The third-order valence-electron chi connectivity index (χ3n) is 1.77. The molecule has 0 aromatic heterocycles. The Kier molecular flexibility index (Phi) is 4.98. The van der Waals surface area contributed by atoms with Gasteiger partial charge in [-0.2, -0.15) is 0 Å². The molecule has 1 atom stereocenters. The highest BCUT2D eigenvalue weighted by atomic mass is 127. The highest BCUT2D eigenvalue weighted by Crippen LogP contribution is 2.16. The Morgan fingerprint density at radius 2 is 2.15 bits per heavy atom. The van der Waals surface area contributed by atoms with Crippen LogP contribution >= 0.6 is 20.7 Å². The molecule has 70 valence electrons. The van der Waals surface area contributed by atoms with Gasteiger partial charge < -0.3 is 0 Å². The minimum atomic E-state index is 0.160. The molecule has 0 N–H and O–H groups in total. The highest BCUT2D eigenvalue weighted by molar-refractivity contribution is 14.2. The zero-order valence-corrected chi connectivity index (χ0v) is 10.2. The Bertz CT molecular complexity index is 290. The molecule has 0 radical (unpaired) electrons. The minimum Gasteiger partial charge on any atom is -0.0895 e. The molecule has 13 heavy (non-hydrogen) atoms. The van der Waals surface area contributed by atoms with Gasteiger partial charge in [0.25, 0.3) is 0 Å². The van der Waals surface area contributed by atoms with Crippen LogP contribution in [0.15, 0.2) is 46.6 Å². The van der Waals surface area contributed by atoms with Crippen molar-refractivity contribution in [2.75, 3.05) is 0 Å². The normalized spacial score (nSPS) is 19.1. The molecule has 1 aliphatic rings. The van der Waals surface area contributed by atoms with E-state index < -0.39 is 0 Å². The van der Waals surface area contributed by atoms with E-state index in [4.69, 9.17) is 0 Å². The lowest BCUT2D eigenvalue weighted by atomic mass is 10.1. The van der Waals surface area contributed by atoms with E-state index in [1.54, 1.807) is 3.51 Å². The first-order chi connectivity index (χ1) is 6.34. The molecular weight excluding hydrogens is 271 g/mol. The van der Waals surface area contributed by atoms with Crippen molar-refractivity contribution >= 4 is 24.2 Å². The van der Waals surface area contributed by atoms with E-state index in [0.29, 0.717) is 5.92 Å². The minimum absolute atomic E-state index is 0.160. The predicted octanol–water partition coefficient (Wildman–Crippen LogP) is 3.98. The number of hydrogen-bond acceptors (Lipinski definition) is 0. The van der Waals surface area contributed by atoms with Gasteiger partial charge in [0, 0.05) is 5.92 Å². The maximum absolute atomic E-state index is 2.31. The fourth-order valence-corrected chi connectivity index (χ4v) is 3.07. The van der Waals surface area contributed by atoms with Gasteiger partial charge in [-0.15, -0.1) is 0 Å². The number of halogens is 1. The van der Waals surface area contributed by atoms with Crippen LogP contribution in [0.25, 0.3) is 0 Å². The van der Waals surface area contributed by atoms with Crippen LogP contribution in [0.1, 0.15) is 13.8 Å². The molecule has 1 aliphatic heterocycles. The van der Waals surface area contributed by atoms with Crippen LogP contribution in [0, 0.1) is 5.92 Å². The second-order valence-electron chi connectivity index (χ2n) is 2.87. The second-order valence-corrected chi connectivity index (χ2v) is 5.46. The van der Waals surface area contributed by atoms with Gasteiger partial charge in [-0.1, -0.05) is 70.2 Å². The summed E-state index contributed by atoms with van der Waals surface area (Å²) in [7, 11) is 0. The van der Waals surface area contributed by atoms with Gasteiger partial charge in [-0.25, -0.2) is 0 Å². The molecule has 1 heteroatoms. The number of hydrogen-bond donors (Lipinski definition) is 0. The highest BCUT2D eigenvalue weighted by Gasteiger charge is 2.01. The van der Waals surface area contributed by atoms with Gasteiger partial charge in [-0.05, 0) is 14.5 Å². The lowest BCUT2D eigenvalue weighted by molar-refractivity contribution is 1.03. The Balaban J connectivity index is 2.57. The molecular formula is C12H15I. The van der Waals surface area contributed by atoms with E-state index in [1.165, 1.54) is 0 Å². The summed E-state index contributed by atoms with van der Waals surface area (Å²) in [6.45, 7) is 4.30. The van der Waals surface area contributed by atoms with Gasteiger partial charge >= 0.3 is 0 Å². The van der Waals surface area contributed by atoms with E-state index >= 15 is 0 Å². The van der Waals surface area contributed by atoms with Crippen molar-refractivity contribution in [1.29, 1.82) is 0 Å². The lowest BCUT2D eigenvalue weighted by Gasteiger charge is -2.07. The summed E-state index contributed by atoms with van der Waals surface area (Å²) in [6, 6.07) is 0. The van der Waals surface area contributed by atoms with Crippen molar-refractivity contribution in [3.8, 4) is 0 Å². The molecule has 0 aliphatic carbocycles. The molecule has 0 nitrogen and oxygen atoms in total. The largest absolute Gasteiger partial charge is 0.0895 e. The smallest absolute Gasteiger partial charge is 0.00468 e. The predicted molar refractivity (Wildman–Crippen MR) is 70.4 cm³/mol. The fourth-order valence-electron chi connectivity index (χ4n) is 1.02. The summed E-state index contributed by atoms with van der Waals surface area (Å²) in [4.78, 5) is 0. The number of allylic oxidation sites excluding steroid dienone is 7. The molecule has 0 aromatic carbocycles. The van der Waals surface area contributed by atoms with Crippen LogP contribution in [-0.4, -0.2) is 3.51 Å². The maximum atomic E-state index is 2.31. The van der Waals surface area contributed by atoms with E-state index in [9.17, 15) is 0 Å². The summed E-state index contributed by atoms with van der Waals surface area (Å²) >= 11 is 0.160. The summed E-state index contributed by atoms with van der Waals surface area (Å²) in [5.74, 6) is 0.602. The zero-order chi connectivity index (χ0) is 9.52. The fraction of sp³-hybridized carbons (Fsp3) is 0.250. The van der Waals surface area contributed by atoms with Gasteiger partial charge in [0.2, 0.25) is 0 Å². The van der Waals surface area contributed by atoms with Crippen molar-refractivity contribution in [3.05, 3.63) is 46.6 Å². The molecule has 1 unspecified atom stereocenters. The van der Waals surface area contributed by atoms with Gasteiger partial charge in [0.15, 0.2) is 0 Å². The third-order valence-corrected chi connectivity index (χ3v) is 4.60. The van der Waals surface area contributed by atoms with Crippen molar-refractivity contribution < 1.29 is 0 Å². The molecule has 1 rings (SSSR count). The van der Waals surface area contributed by atoms with E-state index in [0.717, 1.165) is 0 Å². The molecule has 0 saturated heterocycles. The SMILES string of the molecule is C/C=C\C=C/C(C)C1=IC=CC=C1. The average molecular weight is 286 g/mol. The molecule has 0 bridgehead atoms. The first-order valence-corrected chi connectivity index (χ1v) is 6.80. The summed E-state index contributed by atoms with van der Waals surface area (Å²) in [5, 5.41) is 0. The van der Waals surface area contributed by atoms with Gasteiger partial charge in [0.05, 0.1) is 0 Å². The zero-order valence-electron chi connectivity index (χ0n) is 8.07. The molecule has 0 saturated carbocycles. The van der Waals surface area contributed by atoms with Crippen molar-refractivity contribution in [2.24, 2.45) is 5.92 Å². The van der Waals surface area contributed by atoms with Gasteiger partial charge in [0.1, 0.15) is 0 Å². The first kappa shape index (κ1) is 10.6. The summed E-state index contributed by atoms with van der Waals surface area (Å²) < 4.78 is 3.91. The maximum Gasteiger partial charge on any atom is 0.00468 e. The van der Waals surface area contributed by atoms with Crippen LogP contribution in [0.2, 0.25) is 0 Å². The molecule has 0 aromatic rings. The Hall–Kier alpha value is -0.440. The van der Waals surface area contributed by atoms with Crippen LogP contribution < -0.4 is 0 Å². The standard InChI is InChI=1S/C12H15I/c1-3-4-5-8-11(2)12-9-6-7-10-13-12/h3-11H,1-2H3/b4-3-,8-5-. The van der Waals surface area contributed by atoms with Crippen LogP contribution in [-0.2, 0) is 0 Å². The first-order valence-electron chi connectivity index (χ1n) is 4.47. The molecule has 0 amide bonds. The quantitative estimate of drug-likeness (QED) is 0.544. The topological polar surface area (TPSA) is 0 Å². The Morgan fingerprint density at radius 3 is 2.77 bits per heavy atom. The average Bonchev–Trinajstić information content (AvgIpc) is 2.19. The molecule has 1 heterocycles. The Morgan fingerprint density at radius 1 is 1.31 bits per heavy atom. The van der Waals surface area contributed by atoms with Crippen molar-refractivity contribution in [3.63, 3.8) is 0 Å². The van der Waals surface area contributed by atoms with E-state index in [-0.39, 0.29) is 20.7 Å². The van der Waals surface area contributed by atoms with E-state index in [1.807, 2.05) is 6.92 Å². The second kappa shape index (κ2) is 6.08. The van der Waals surface area contributed by atoms with Crippen LogP contribution in [0.5, 0.6) is 0 Å². The molecule has 0 spiro atoms. The van der Waals surface area contributed by atoms with Crippen LogP contribution in [0.4, 0.5) is 0 Å². The monoisotopic (exact) mass is 286 g/mol. The van der Waals surface area contributed by atoms with Crippen molar-refractivity contribution in [1.82, 2.24) is 0 Å².